The Kier molecular flexibility index (Phi) is 46.5. The van der Waals surface area contributed by atoms with Gasteiger partial charge in [-0.05, 0) is 153 Å². The molecule has 5 heteroatoms. The van der Waals surface area contributed by atoms with Crippen LogP contribution in [0.2, 0.25) is 0 Å². The third-order valence-corrected chi connectivity index (χ3v) is 11.0. The molecule has 0 aliphatic carbocycles. The van der Waals surface area contributed by atoms with E-state index in [1.165, 1.54) is 0 Å². The predicted octanol–water partition coefficient (Wildman–Crippen LogP) is 19.6. The van der Waals surface area contributed by atoms with Gasteiger partial charge in [0, 0.05) is 25.7 Å². The summed E-state index contributed by atoms with van der Waals surface area (Å²) in [5.74, 6) is -0.362. The van der Waals surface area contributed by atoms with Crippen molar-refractivity contribution in [2.75, 3.05) is 6.61 Å². The lowest BCUT2D eigenvalue weighted by atomic mass is 10.0. The number of rotatable bonds is 44. The molecule has 0 saturated carbocycles. The average Bonchev–Trinajstić information content (AvgIpc) is 3.39. The summed E-state index contributed by atoms with van der Waals surface area (Å²) in [6.45, 7) is 6.66. The van der Waals surface area contributed by atoms with Crippen LogP contribution >= 0.6 is 0 Å². The Balaban J connectivity index is 2.62. The van der Waals surface area contributed by atoms with Crippen molar-refractivity contribution in [1.29, 1.82) is 0 Å². The van der Waals surface area contributed by atoms with Crippen molar-refractivity contribution in [3.63, 3.8) is 0 Å². The summed E-state index contributed by atoms with van der Waals surface area (Å²) in [5, 5.41) is 0. The molecule has 0 aliphatic rings. The number of carbonyl (C=O) groups is 3. The molecule has 0 bridgehead atoms. The van der Waals surface area contributed by atoms with Crippen LogP contribution in [0.5, 0.6) is 5.75 Å². The minimum Gasteiger partial charge on any atom is -0.465 e. The number of allylic oxidation sites excluding steroid dienone is 30. The number of esters is 2. The topological polar surface area (TPSA) is 69.7 Å². The number of ether oxygens (including phenoxy) is 2. The van der Waals surface area contributed by atoms with E-state index in [9.17, 15) is 14.4 Å². The van der Waals surface area contributed by atoms with Crippen LogP contribution in [0.3, 0.4) is 0 Å². The maximum Gasteiger partial charge on any atom is 0.311 e. The fraction of sp³-hybridized carbons (Fsp3) is 0.426. The number of carbonyl (C=O) groups excluding carboxylic acids is 3. The molecule has 0 unspecified atom stereocenters. The lowest BCUT2D eigenvalue weighted by molar-refractivity contribution is -0.143. The predicted molar refractivity (Wildman–Crippen MR) is 316 cm³/mol. The van der Waals surface area contributed by atoms with Crippen LogP contribution < -0.4 is 4.74 Å². The maximum atomic E-state index is 13.6. The van der Waals surface area contributed by atoms with Crippen LogP contribution in [0.4, 0.5) is 0 Å². The fourth-order valence-corrected chi connectivity index (χ4v) is 6.92. The molecule has 0 saturated heterocycles. The molecule has 1 rings (SSSR count). The minimum atomic E-state index is -0.355. The number of hydrogen-bond acceptors (Lipinski definition) is 5. The maximum absolute atomic E-state index is 13.6. The van der Waals surface area contributed by atoms with Gasteiger partial charge in [0.1, 0.15) is 5.75 Å². The second kappa shape index (κ2) is 52.3. The van der Waals surface area contributed by atoms with Crippen LogP contribution in [0, 0.1) is 0 Å². The third kappa shape index (κ3) is 44.4. The monoisotopic (exact) mass is 991 g/mol. The Hall–Kier alpha value is -6.07. The molecule has 0 radical (unpaired) electrons. The van der Waals surface area contributed by atoms with E-state index in [1.54, 1.807) is 12.1 Å². The number of hydrogen-bond donors (Lipinski definition) is 0. The Morgan fingerprint density at radius 1 is 0.370 bits per heavy atom. The van der Waals surface area contributed by atoms with E-state index in [0.29, 0.717) is 37.7 Å². The molecule has 0 N–H and O–H groups in total. The summed E-state index contributed by atoms with van der Waals surface area (Å²) in [5.41, 5.74) is 1.25. The molecule has 0 aliphatic heterocycles. The summed E-state index contributed by atoms with van der Waals surface area (Å²) >= 11 is 0. The molecule has 1 aromatic carbocycles. The summed E-state index contributed by atoms with van der Waals surface area (Å²) in [7, 11) is 0. The normalized spacial score (nSPS) is 13.1. The van der Waals surface area contributed by atoms with Crippen LogP contribution in [-0.2, 0) is 20.7 Å². The van der Waals surface area contributed by atoms with Gasteiger partial charge in [-0.25, -0.2) is 0 Å². The zero-order chi connectivity index (χ0) is 52.6. The number of benzene rings is 1. The first kappa shape index (κ1) is 64.9. The molecule has 5 nitrogen and oxygen atoms in total. The first-order chi connectivity index (χ1) is 36.0. The van der Waals surface area contributed by atoms with E-state index in [2.05, 4.69) is 203 Å². The van der Waals surface area contributed by atoms with Gasteiger partial charge in [-0.3, -0.25) is 14.4 Å². The molecular weight excluding hydrogens is 897 g/mol. The summed E-state index contributed by atoms with van der Waals surface area (Å²) in [6, 6.07) is 5.36. The number of Topliss-reactive ketones (excluding diaryl/α,β-unsaturated/α-hetero) is 1. The third-order valence-electron chi connectivity index (χ3n) is 11.0. The zero-order valence-corrected chi connectivity index (χ0v) is 45.5. The van der Waals surface area contributed by atoms with Crippen molar-refractivity contribution in [2.45, 2.75) is 181 Å². The van der Waals surface area contributed by atoms with Gasteiger partial charge in [0.05, 0.1) is 12.2 Å². The van der Waals surface area contributed by atoms with E-state index in [1.807, 2.05) is 6.07 Å². The standard InChI is InChI=1S/C68H94O5/c1-4-7-10-13-16-19-22-25-28-31-34-37-40-43-46-49-52-55-65(69)64-62-63(60-61-72-67(70)56-53-50-47-44-41-38-35-32-29-26-23-20-17-14-11-8-5-2)58-59-66(64)73-68(71)57-54-51-48-45-42-39-36-33-30-27-24-21-18-15-12-9-6-3/h7-12,16-21,25-30,34-39,43-48,58-59,62H,4-6,13-15,22-24,31-33,40-42,49-57,60-61H2,1-3H3/b10-7+,11-8+,12-9+,19-16+,20-17+,21-18+,28-25+,29-26+,30-27+,37-34+,38-35+,39-36+,46-43+,47-44+,48-45+. The number of ketones is 1. The molecule has 1 aromatic rings. The van der Waals surface area contributed by atoms with Gasteiger partial charge in [-0.15, -0.1) is 0 Å². The minimum absolute atomic E-state index is 0.0668. The SMILES string of the molecule is CC/C=C/C/C=C/C/C=C/C/C=C/C/C=C/CCCC(=O)OCCc1ccc(OC(=O)CCC/C=C/C/C=C/C/C=C/C/C=C/C/C=C/CC)c(C(=O)CCC/C=C/C/C=C/C/C=C/C/C=C/C/C=C/CC)c1. The first-order valence-electron chi connectivity index (χ1n) is 27.8. The molecule has 0 aromatic heterocycles. The van der Waals surface area contributed by atoms with Crippen molar-refractivity contribution in [2.24, 2.45) is 0 Å². The van der Waals surface area contributed by atoms with Crippen LogP contribution in [0.15, 0.2) is 200 Å². The van der Waals surface area contributed by atoms with Gasteiger partial charge in [-0.1, -0.05) is 209 Å². The summed E-state index contributed by atoms with van der Waals surface area (Å²) < 4.78 is 11.4. The van der Waals surface area contributed by atoms with Crippen LogP contribution in [0.1, 0.15) is 191 Å². The molecule has 0 atom stereocenters. The molecule has 396 valence electrons. The Bertz CT molecular complexity index is 2030. The highest BCUT2D eigenvalue weighted by atomic mass is 16.5. The molecule has 0 fully saturated rings. The van der Waals surface area contributed by atoms with Crippen molar-refractivity contribution in [3.05, 3.63) is 212 Å². The van der Waals surface area contributed by atoms with E-state index in [4.69, 9.17) is 9.47 Å². The molecule has 0 amide bonds. The van der Waals surface area contributed by atoms with Crippen molar-refractivity contribution in [3.8, 4) is 5.75 Å². The highest BCUT2D eigenvalue weighted by Crippen LogP contribution is 2.24. The highest BCUT2D eigenvalue weighted by Gasteiger charge is 2.17. The Morgan fingerprint density at radius 2 is 0.671 bits per heavy atom. The fourth-order valence-electron chi connectivity index (χ4n) is 6.92. The van der Waals surface area contributed by atoms with Gasteiger partial charge < -0.3 is 9.47 Å². The highest BCUT2D eigenvalue weighted by molar-refractivity contribution is 5.99. The Labute approximate surface area is 444 Å². The number of unbranched alkanes of at least 4 members (excludes halogenated alkanes) is 3. The van der Waals surface area contributed by atoms with Crippen molar-refractivity contribution < 1.29 is 23.9 Å². The lowest BCUT2D eigenvalue weighted by Gasteiger charge is -2.12. The van der Waals surface area contributed by atoms with Gasteiger partial charge in [0.15, 0.2) is 5.78 Å². The molecule has 0 heterocycles. The van der Waals surface area contributed by atoms with E-state index < -0.39 is 0 Å². The van der Waals surface area contributed by atoms with Gasteiger partial charge in [-0.2, -0.15) is 0 Å². The van der Waals surface area contributed by atoms with E-state index in [-0.39, 0.29) is 36.5 Å². The summed E-state index contributed by atoms with van der Waals surface area (Å²) in [6.07, 6.45) is 85.6. The Morgan fingerprint density at radius 3 is 1.01 bits per heavy atom. The smallest absolute Gasteiger partial charge is 0.311 e. The largest absolute Gasteiger partial charge is 0.465 e. The first-order valence-corrected chi connectivity index (χ1v) is 27.8. The molecule has 73 heavy (non-hydrogen) atoms. The van der Waals surface area contributed by atoms with Crippen LogP contribution in [0.25, 0.3) is 0 Å². The van der Waals surface area contributed by atoms with Gasteiger partial charge in [0.25, 0.3) is 0 Å². The second-order valence-corrected chi connectivity index (χ2v) is 17.5. The van der Waals surface area contributed by atoms with E-state index >= 15 is 0 Å². The van der Waals surface area contributed by atoms with Gasteiger partial charge >= 0.3 is 11.9 Å². The quantitative estimate of drug-likeness (QED) is 0.0214. The zero-order valence-electron chi connectivity index (χ0n) is 45.5. The van der Waals surface area contributed by atoms with E-state index in [0.717, 1.165) is 128 Å². The second-order valence-electron chi connectivity index (χ2n) is 17.5. The van der Waals surface area contributed by atoms with Crippen molar-refractivity contribution >= 4 is 17.7 Å². The lowest BCUT2D eigenvalue weighted by Crippen LogP contribution is -2.12. The summed E-state index contributed by atoms with van der Waals surface area (Å²) in [4.78, 5) is 39.2. The van der Waals surface area contributed by atoms with Crippen LogP contribution in [-0.4, -0.2) is 24.3 Å². The van der Waals surface area contributed by atoms with Gasteiger partial charge in [0.2, 0.25) is 0 Å². The van der Waals surface area contributed by atoms with Crippen molar-refractivity contribution in [1.82, 2.24) is 0 Å². The molecular formula is C68H94O5. The average molecular weight is 991 g/mol. The molecule has 0 spiro atoms.